The molecule has 1 saturated heterocycles. The molecule has 0 bridgehead atoms. The summed E-state index contributed by atoms with van der Waals surface area (Å²) in [6.07, 6.45) is 0. The Morgan fingerprint density at radius 1 is 1.12 bits per heavy atom. The van der Waals surface area contributed by atoms with Gasteiger partial charge in [0.1, 0.15) is 6.04 Å². The summed E-state index contributed by atoms with van der Waals surface area (Å²) >= 11 is 1.51. The minimum Gasteiger partial charge on any atom is -0.335 e. The predicted molar refractivity (Wildman–Crippen MR) is 106 cm³/mol. The third-order valence-corrected chi connectivity index (χ3v) is 5.88. The number of hydrogen-bond acceptors (Lipinski definition) is 4. The van der Waals surface area contributed by atoms with Crippen LogP contribution in [0.15, 0.2) is 35.7 Å². The van der Waals surface area contributed by atoms with Crippen molar-refractivity contribution in [3.8, 4) is 17.2 Å². The van der Waals surface area contributed by atoms with Gasteiger partial charge < -0.3 is 4.90 Å². The molecule has 1 aromatic carbocycles. The first kappa shape index (κ1) is 18.6. The summed E-state index contributed by atoms with van der Waals surface area (Å²) in [5.41, 5.74) is 3.31. The van der Waals surface area contributed by atoms with Crippen LogP contribution in [0, 0.1) is 24.2 Å². The minimum atomic E-state index is -0.0721. The smallest absolute Gasteiger partial charge is 0.264 e. The predicted octanol–water partition coefficient (Wildman–Crippen LogP) is 4.03. The summed E-state index contributed by atoms with van der Waals surface area (Å²) in [6, 6.07) is 12.7. The van der Waals surface area contributed by atoms with Gasteiger partial charge in [0.2, 0.25) is 0 Å². The number of nitriles is 1. The number of carbonyl (C=O) groups is 1. The van der Waals surface area contributed by atoms with Crippen molar-refractivity contribution in [1.82, 2.24) is 9.80 Å². The van der Waals surface area contributed by atoms with Gasteiger partial charge in [-0.1, -0.05) is 43.7 Å². The lowest BCUT2D eigenvalue weighted by Gasteiger charge is -2.38. The number of thiophene rings is 1. The van der Waals surface area contributed by atoms with Gasteiger partial charge in [0.25, 0.3) is 5.91 Å². The molecule has 1 aromatic heterocycles. The molecule has 1 fully saturated rings. The molecule has 0 N–H and O–H groups in total. The Morgan fingerprint density at radius 2 is 1.77 bits per heavy atom. The fourth-order valence-electron chi connectivity index (χ4n) is 3.43. The Balaban J connectivity index is 1.71. The van der Waals surface area contributed by atoms with Gasteiger partial charge in [-0.25, -0.2) is 0 Å². The Kier molecular flexibility index (Phi) is 5.75. The van der Waals surface area contributed by atoms with Crippen LogP contribution in [0.4, 0.5) is 0 Å². The maximum atomic E-state index is 13.1. The van der Waals surface area contributed by atoms with Crippen LogP contribution >= 0.6 is 11.3 Å². The topological polar surface area (TPSA) is 47.3 Å². The van der Waals surface area contributed by atoms with Crippen molar-refractivity contribution >= 4 is 17.2 Å². The van der Waals surface area contributed by atoms with Crippen molar-refractivity contribution in [2.24, 2.45) is 5.92 Å². The molecule has 26 heavy (non-hydrogen) atoms. The van der Waals surface area contributed by atoms with Crippen molar-refractivity contribution in [3.63, 3.8) is 0 Å². The molecule has 1 aliphatic rings. The van der Waals surface area contributed by atoms with Crippen LogP contribution in [-0.4, -0.2) is 47.9 Å². The van der Waals surface area contributed by atoms with Crippen LogP contribution in [0.2, 0.25) is 0 Å². The number of hydrogen-bond donors (Lipinski definition) is 0. The number of piperazine rings is 1. The number of rotatable bonds is 4. The van der Waals surface area contributed by atoms with Crippen molar-refractivity contribution in [2.45, 2.75) is 26.8 Å². The highest BCUT2D eigenvalue weighted by Crippen LogP contribution is 2.30. The average Bonchev–Trinajstić information content (AvgIpc) is 3.12. The second kappa shape index (κ2) is 8.03. The quantitative estimate of drug-likeness (QED) is 0.820. The fraction of sp³-hybridized carbons (Fsp3) is 0.429. The summed E-state index contributed by atoms with van der Waals surface area (Å²) in [5.74, 6) is 0.404. The maximum Gasteiger partial charge on any atom is 0.264 e. The van der Waals surface area contributed by atoms with Gasteiger partial charge >= 0.3 is 0 Å². The molecule has 136 valence electrons. The lowest BCUT2D eigenvalue weighted by molar-refractivity contribution is 0.0582. The van der Waals surface area contributed by atoms with E-state index in [9.17, 15) is 10.1 Å². The van der Waals surface area contributed by atoms with Crippen LogP contribution in [0.5, 0.6) is 0 Å². The molecule has 2 aromatic rings. The highest BCUT2D eigenvalue weighted by molar-refractivity contribution is 7.12. The second-order valence-electron chi connectivity index (χ2n) is 7.18. The molecule has 0 spiro atoms. The van der Waals surface area contributed by atoms with Crippen molar-refractivity contribution < 1.29 is 4.79 Å². The van der Waals surface area contributed by atoms with E-state index in [0.717, 1.165) is 29.1 Å². The molecule has 1 unspecified atom stereocenters. The largest absolute Gasteiger partial charge is 0.335 e. The summed E-state index contributed by atoms with van der Waals surface area (Å²) in [5, 5.41) is 11.4. The number of carbonyl (C=O) groups excluding carboxylic acids is 1. The van der Waals surface area contributed by atoms with Gasteiger partial charge in [0, 0.05) is 31.7 Å². The molecule has 3 rings (SSSR count). The standard InChI is InChI=1S/C21H25N3OS/c1-15(2)19(14-22)23-9-11-24(12-10-23)21(25)20-18(8-13-26-20)17-6-4-16(3)5-7-17/h4-8,13,15,19H,9-12H2,1-3H3. The minimum absolute atomic E-state index is 0.0721. The highest BCUT2D eigenvalue weighted by Gasteiger charge is 2.29. The van der Waals surface area contributed by atoms with Crippen LogP contribution < -0.4 is 0 Å². The summed E-state index contributed by atoms with van der Waals surface area (Å²) in [6.45, 7) is 9.08. The molecule has 0 aliphatic carbocycles. The third kappa shape index (κ3) is 3.82. The van der Waals surface area contributed by atoms with Crippen molar-refractivity contribution in [1.29, 1.82) is 5.26 Å². The Labute approximate surface area is 159 Å². The zero-order valence-electron chi connectivity index (χ0n) is 15.6. The van der Waals surface area contributed by atoms with Crippen LogP contribution in [0.3, 0.4) is 0 Å². The van der Waals surface area contributed by atoms with Gasteiger partial charge in [-0.05, 0) is 29.9 Å². The molecule has 1 aliphatic heterocycles. The summed E-state index contributed by atoms with van der Waals surface area (Å²) in [7, 11) is 0. The van der Waals surface area contributed by atoms with Gasteiger partial charge in [-0.3, -0.25) is 9.69 Å². The van der Waals surface area contributed by atoms with E-state index in [2.05, 4.69) is 56.0 Å². The lowest BCUT2D eigenvalue weighted by atomic mass is 10.0. The van der Waals surface area contributed by atoms with E-state index in [-0.39, 0.29) is 11.9 Å². The van der Waals surface area contributed by atoms with Gasteiger partial charge in [-0.2, -0.15) is 5.26 Å². The summed E-state index contributed by atoms with van der Waals surface area (Å²) < 4.78 is 0. The first-order valence-electron chi connectivity index (χ1n) is 9.08. The first-order chi connectivity index (χ1) is 12.5. The average molecular weight is 368 g/mol. The molecule has 0 radical (unpaired) electrons. The lowest BCUT2D eigenvalue weighted by Crippen LogP contribution is -2.52. The SMILES string of the molecule is Cc1ccc(-c2ccsc2C(=O)N2CCN(C(C#N)C(C)C)CC2)cc1. The zero-order valence-corrected chi connectivity index (χ0v) is 16.4. The van der Waals surface area contributed by atoms with E-state index in [0.29, 0.717) is 19.0 Å². The van der Waals surface area contributed by atoms with E-state index in [1.807, 2.05) is 16.3 Å². The normalized spacial score (nSPS) is 16.5. The van der Waals surface area contributed by atoms with Crippen molar-refractivity contribution in [2.75, 3.05) is 26.2 Å². The van der Waals surface area contributed by atoms with Gasteiger partial charge in [0.15, 0.2) is 0 Å². The zero-order chi connectivity index (χ0) is 18.7. The molecule has 5 heteroatoms. The Morgan fingerprint density at radius 3 is 2.35 bits per heavy atom. The van der Waals surface area contributed by atoms with E-state index >= 15 is 0 Å². The highest BCUT2D eigenvalue weighted by atomic mass is 32.1. The van der Waals surface area contributed by atoms with E-state index in [1.165, 1.54) is 16.9 Å². The number of amides is 1. The second-order valence-corrected chi connectivity index (χ2v) is 8.09. The van der Waals surface area contributed by atoms with E-state index < -0.39 is 0 Å². The Bertz CT molecular complexity index is 795. The fourth-order valence-corrected chi connectivity index (χ4v) is 4.32. The third-order valence-electron chi connectivity index (χ3n) is 4.98. The van der Waals surface area contributed by atoms with E-state index in [4.69, 9.17) is 0 Å². The van der Waals surface area contributed by atoms with Gasteiger partial charge in [-0.15, -0.1) is 11.3 Å². The Hall–Kier alpha value is -2.16. The number of nitrogens with zero attached hydrogens (tertiary/aromatic N) is 3. The molecule has 0 saturated carbocycles. The van der Waals surface area contributed by atoms with E-state index in [1.54, 1.807) is 0 Å². The number of aryl methyl sites for hydroxylation is 1. The first-order valence-corrected chi connectivity index (χ1v) is 9.96. The van der Waals surface area contributed by atoms with Crippen LogP contribution in [0.25, 0.3) is 11.1 Å². The van der Waals surface area contributed by atoms with Crippen molar-refractivity contribution in [3.05, 3.63) is 46.2 Å². The number of benzene rings is 1. The van der Waals surface area contributed by atoms with Crippen LogP contribution in [-0.2, 0) is 0 Å². The summed E-state index contributed by atoms with van der Waals surface area (Å²) in [4.78, 5) is 18.0. The monoisotopic (exact) mass is 367 g/mol. The molecule has 1 amide bonds. The maximum absolute atomic E-state index is 13.1. The van der Waals surface area contributed by atoms with Gasteiger partial charge in [0.05, 0.1) is 10.9 Å². The molecule has 4 nitrogen and oxygen atoms in total. The molecular formula is C21H25N3OS. The molecule has 1 atom stereocenters. The van der Waals surface area contributed by atoms with Crippen LogP contribution in [0.1, 0.15) is 29.1 Å². The molecular weight excluding hydrogens is 342 g/mol. The molecule has 2 heterocycles.